The molecule has 0 saturated carbocycles. The third-order valence-electron chi connectivity index (χ3n) is 9.75. The Balaban J connectivity index is 1.22. The zero-order chi connectivity index (χ0) is 48.4. The van der Waals surface area contributed by atoms with Gasteiger partial charge in [0, 0.05) is 77.5 Å². The van der Waals surface area contributed by atoms with Crippen LogP contribution >= 0.6 is 34.8 Å². The van der Waals surface area contributed by atoms with E-state index in [9.17, 15) is 31.0 Å². The molecule has 68 heavy (non-hydrogen) atoms. The number of azo groups is 2. The second-order valence-corrected chi connectivity index (χ2v) is 19.4. The van der Waals surface area contributed by atoms with E-state index in [1.807, 2.05) is 52.0 Å². The summed E-state index contributed by atoms with van der Waals surface area (Å²) in [6.07, 6.45) is 0. The highest BCUT2D eigenvalue weighted by Crippen LogP contribution is 2.37. The van der Waals surface area contributed by atoms with Crippen molar-refractivity contribution in [1.29, 1.82) is 0 Å². The predicted octanol–water partition coefficient (Wildman–Crippen LogP) is 9.50. The third-order valence-corrected chi connectivity index (χ3v) is 13.5. The van der Waals surface area contributed by atoms with Crippen molar-refractivity contribution in [1.82, 2.24) is 33.7 Å². The van der Waals surface area contributed by atoms with Crippen molar-refractivity contribution < 1.29 is 31.0 Å². The minimum absolute atomic E-state index is 0.132. The molecular formula is C41H43N15O7S5. The number of anilines is 6. The first-order chi connectivity index (χ1) is 32.7. The molecule has 22 nitrogen and oxygen atoms in total. The number of hydrogen-bond donors (Lipinski definition) is 5. The van der Waals surface area contributed by atoms with Crippen LogP contribution in [0.3, 0.4) is 0 Å². The monoisotopic (exact) mass is 1020 g/mol. The van der Waals surface area contributed by atoms with E-state index >= 15 is 0 Å². The molecule has 3 aromatic heterocycles. The molecule has 354 valence electrons. The van der Waals surface area contributed by atoms with E-state index in [1.54, 1.807) is 24.3 Å². The summed E-state index contributed by atoms with van der Waals surface area (Å²) in [5.74, 6) is 0.967. The summed E-state index contributed by atoms with van der Waals surface area (Å²) in [6, 6.07) is 22.4. The molecule has 0 bridgehead atoms. The van der Waals surface area contributed by atoms with Crippen LogP contribution in [0.4, 0.5) is 56.3 Å². The Hall–Kier alpha value is -6.46. The fraction of sp³-hybridized carbons (Fsp3) is 0.244. The van der Waals surface area contributed by atoms with Crippen LogP contribution < -0.4 is 20.4 Å². The number of nitrogens with one attached hydrogen (secondary N) is 2. The average Bonchev–Trinajstić information content (AvgIpc) is 4.01. The molecule has 0 aliphatic carbocycles. The van der Waals surface area contributed by atoms with Gasteiger partial charge in [-0.3, -0.25) is 9.11 Å². The predicted molar refractivity (Wildman–Crippen MR) is 263 cm³/mol. The van der Waals surface area contributed by atoms with Gasteiger partial charge in [-0.25, -0.2) is 0 Å². The van der Waals surface area contributed by atoms with Crippen LogP contribution in [0.5, 0.6) is 0 Å². The Morgan fingerprint density at radius 2 is 1.03 bits per heavy atom. The highest BCUT2D eigenvalue weighted by Gasteiger charge is 2.18. The maximum absolute atomic E-state index is 11.7. The normalized spacial score (nSPS) is 12.0. The quantitative estimate of drug-likeness (QED) is 0.0254. The fourth-order valence-electron chi connectivity index (χ4n) is 6.44. The number of rotatable bonds is 21. The van der Waals surface area contributed by atoms with E-state index in [4.69, 9.17) is 4.98 Å². The molecule has 0 radical (unpaired) electrons. The van der Waals surface area contributed by atoms with Gasteiger partial charge < -0.3 is 25.5 Å². The summed E-state index contributed by atoms with van der Waals surface area (Å²) in [6.45, 7) is 10.9. The zero-order valence-corrected chi connectivity index (χ0v) is 40.7. The Kier molecular flexibility index (Phi) is 16.1. The standard InChI is InChI=1S/C41H43N15O7S5/c1-5-55(6-2)27-15-17-31(49-51-40-44-35(53-65-40)25-11-9-13-29(21-25)67(58,59)60)33(23-27)42-37-46-38(48-39(47-37)64-20-19-57)43-34-24-28(56(7-3)8-4)16-18-32(34)50-52-41-45-36(54-66-41)26-12-10-14-30(22-26)68(61,62)63/h9-18,21-24,57H,5-8,19-20H2,1-4H3,(H,58,59,60)(H,61,62,63)(H2,42,43,46,47,48)/b51-49+,52-50+. The highest BCUT2D eigenvalue weighted by molar-refractivity contribution is 7.99. The second kappa shape index (κ2) is 22.1. The summed E-state index contributed by atoms with van der Waals surface area (Å²) in [5.41, 5.74) is 4.25. The van der Waals surface area contributed by atoms with Crippen molar-refractivity contribution in [2.75, 3.05) is 59.0 Å². The highest BCUT2D eigenvalue weighted by atomic mass is 32.2. The first-order valence-corrected chi connectivity index (χ1v) is 26.1. The molecule has 4 aromatic carbocycles. The van der Waals surface area contributed by atoms with Crippen molar-refractivity contribution in [2.24, 2.45) is 20.5 Å². The molecule has 5 N–H and O–H groups in total. The van der Waals surface area contributed by atoms with Crippen LogP contribution in [0, 0.1) is 0 Å². The molecule has 27 heteroatoms. The Morgan fingerprint density at radius 3 is 1.43 bits per heavy atom. The van der Waals surface area contributed by atoms with Gasteiger partial charge in [-0.05, 0) is 88.4 Å². The SMILES string of the molecule is CCN(CC)c1ccc(/N=N/c2nc(-c3cccc(S(=O)(=O)O)c3)ns2)c(Nc2nc(Nc3cc(N(CC)CC)ccc3/N=N/c3nc(-c4cccc(S(=O)(=O)O)c4)ns3)nc(SCCO)n2)c1. The van der Waals surface area contributed by atoms with Gasteiger partial charge in [-0.15, -0.1) is 20.5 Å². The van der Waals surface area contributed by atoms with E-state index in [2.05, 4.69) is 69.6 Å². The lowest BCUT2D eigenvalue weighted by molar-refractivity contribution is 0.322. The average molecular weight is 1020 g/mol. The topological polar surface area (TPSA) is 299 Å². The number of aliphatic hydroxyl groups is 1. The summed E-state index contributed by atoms with van der Waals surface area (Å²) in [4.78, 5) is 26.6. The van der Waals surface area contributed by atoms with Crippen LogP contribution in [-0.2, 0) is 20.2 Å². The van der Waals surface area contributed by atoms with Crippen molar-refractivity contribution in [3.05, 3.63) is 84.9 Å². The lowest BCUT2D eigenvalue weighted by Crippen LogP contribution is -2.21. The number of thioether (sulfide) groups is 1. The Morgan fingerprint density at radius 1 is 0.588 bits per heavy atom. The molecule has 0 saturated heterocycles. The molecule has 7 rings (SSSR count). The first kappa shape index (κ1) is 49.4. The van der Waals surface area contributed by atoms with Gasteiger partial charge in [0.1, 0.15) is 11.4 Å². The van der Waals surface area contributed by atoms with Crippen molar-refractivity contribution in [3.8, 4) is 22.8 Å². The number of nitrogens with zero attached hydrogens (tertiary/aromatic N) is 13. The number of aliphatic hydroxyl groups excluding tert-OH is 1. The molecule has 0 atom stereocenters. The molecule has 0 unspecified atom stereocenters. The minimum atomic E-state index is -4.44. The van der Waals surface area contributed by atoms with Crippen molar-refractivity contribution in [2.45, 2.75) is 42.6 Å². The molecule has 3 heterocycles. The number of hydrogen-bond acceptors (Lipinski definition) is 23. The molecule has 7 aromatic rings. The van der Waals surface area contributed by atoms with Crippen LogP contribution in [0.1, 0.15) is 27.7 Å². The van der Waals surface area contributed by atoms with Gasteiger partial charge in [0.05, 0.1) is 27.8 Å². The van der Waals surface area contributed by atoms with Crippen LogP contribution in [0.25, 0.3) is 22.8 Å². The maximum Gasteiger partial charge on any atom is 0.294 e. The minimum Gasteiger partial charge on any atom is -0.396 e. The van der Waals surface area contributed by atoms with E-state index in [1.165, 1.54) is 48.2 Å². The largest absolute Gasteiger partial charge is 0.396 e. The van der Waals surface area contributed by atoms with E-state index in [0.717, 1.165) is 60.6 Å². The molecular weight excluding hydrogens is 975 g/mol. The smallest absolute Gasteiger partial charge is 0.294 e. The van der Waals surface area contributed by atoms with Crippen LogP contribution in [-0.4, -0.2) is 103 Å². The first-order valence-electron chi connectivity index (χ1n) is 20.7. The number of aromatic nitrogens is 7. The van der Waals surface area contributed by atoms with E-state index < -0.39 is 20.2 Å². The van der Waals surface area contributed by atoms with Crippen LogP contribution in [0.15, 0.2) is 120 Å². The third kappa shape index (κ3) is 12.5. The molecule has 0 amide bonds. The summed E-state index contributed by atoms with van der Waals surface area (Å²) in [7, 11) is -8.88. The Bertz CT molecular complexity index is 2980. The lowest BCUT2D eigenvalue weighted by atomic mass is 10.2. The fourth-order valence-corrected chi connectivity index (χ4v) is 9.10. The van der Waals surface area contributed by atoms with Gasteiger partial charge in [-0.2, -0.15) is 50.5 Å². The van der Waals surface area contributed by atoms with Crippen LogP contribution in [0.2, 0.25) is 0 Å². The van der Waals surface area contributed by atoms with E-state index in [-0.39, 0.29) is 50.2 Å². The van der Waals surface area contributed by atoms with Gasteiger partial charge in [0.2, 0.25) is 22.2 Å². The van der Waals surface area contributed by atoms with Gasteiger partial charge in [0.15, 0.2) is 16.8 Å². The molecule has 0 aliphatic heterocycles. The molecule has 0 fully saturated rings. The molecule has 0 aliphatic rings. The lowest BCUT2D eigenvalue weighted by Gasteiger charge is -2.22. The maximum atomic E-state index is 11.7. The van der Waals surface area contributed by atoms with Gasteiger partial charge in [-0.1, -0.05) is 36.0 Å². The Labute approximate surface area is 403 Å². The molecule has 0 spiro atoms. The van der Waals surface area contributed by atoms with Crippen molar-refractivity contribution >= 4 is 111 Å². The van der Waals surface area contributed by atoms with E-state index in [0.29, 0.717) is 44.8 Å². The summed E-state index contributed by atoms with van der Waals surface area (Å²) >= 11 is 3.11. The van der Waals surface area contributed by atoms with Crippen molar-refractivity contribution in [3.63, 3.8) is 0 Å². The number of benzene rings is 4. The zero-order valence-electron chi connectivity index (χ0n) is 36.7. The van der Waals surface area contributed by atoms with Gasteiger partial charge in [0.25, 0.3) is 20.2 Å². The summed E-state index contributed by atoms with van der Waals surface area (Å²) in [5, 5.41) is 34.7. The summed E-state index contributed by atoms with van der Waals surface area (Å²) < 4.78 is 74.6. The van der Waals surface area contributed by atoms with Gasteiger partial charge >= 0.3 is 0 Å². The second-order valence-electron chi connectivity index (χ2n) is 14.0.